The molecule has 0 aromatic rings. The van der Waals surface area contributed by atoms with Crippen LogP contribution in [0.15, 0.2) is 24.3 Å². The van der Waals surface area contributed by atoms with E-state index in [1.54, 1.807) is 0 Å². The van der Waals surface area contributed by atoms with Crippen molar-refractivity contribution in [3.8, 4) is 0 Å². The summed E-state index contributed by atoms with van der Waals surface area (Å²) in [4.78, 5) is 42.9. The lowest BCUT2D eigenvalue weighted by molar-refractivity contribution is -0.161. The van der Waals surface area contributed by atoms with Gasteiger partial charge in [-0.2, -0.15) is 0 Å². The summed E-state index contributed by atoms with van der Waals surface area (Å²) in [5.41, 5.74) is 0. The Morgan fingerprint density at radius 2 is 0.849 bits per heavy atom. The number of unbranched alkanes of at least 4 members (excludes halogenated alkanes) is 27. The van der Waals surface area contributed by atoms with Crippen LogP contribution in [0.3, 0.4) is 0 Å². The van der Waals surface area contributed by atoms with E-state index in [4.69, 9.17) is 19.3 Å². The number of ether oxygens (including phenoxy) is 2. The molecule has 1 atom stereocenters. The maximum atomic E-state index is 12.4. The molecule has 0 heterocycles. The molecule has 53 heavy (non-hydrogen) atoms. The summed E-state index contributed by atoms with van der Waals surface area (Å²) in [5, 5.41) is 0. The van der Waals surface area contributed by atoms with Gasteiger partial charge in [0.25, 0.3) is 0 Å². The van der Waals surface area contributed by atoms with E-state index in [9.17, 15) is 14.2 Å². The van der Waals surface area contributed by atoms with Crippen LogP contribution in [-0.4, -0.2) is 41.0 Å². The van der Waals surface area contributed by atoms with Gasteiger partial charge in [0.15, 0.2) is 6.10 Å². The molecule has 0 aromatic carbocycles. The standard InChI is InChI=1S/C44H83O8P/c1-3-5-7-9-11-13-15-17-19-21-22-23-25-26-28-30-32-34-36-38-43(45)50-40-42(41-51-53(47,48)49)52-44(46)39-37-35-33-31-29-27-24-20-18-16-14-12-10-8-6-4-2/h11,13,17,19,42H,3-10,12,14-16,18,20-41H2,1-2H3,(H2,47,48,49)/b13-11-,19-17-/t42-/m1/s1. The van der Waals surface area contributed by atoms with Gasteiger partial charge in [-0.25, -0.2) is 4.57 Å². The Balaban J connectivity index is 3.86. The minimum atomic E-state index is -4.75. The molecular weight excluding hydrogens is 687 g/mol. The second-order valence-corrected chi connectivity index (χ2v) is 16.3. The van der Waals surface area contributed by atoms with E-state index in [-0.39, 0.29) is 19.4 Å². The van der Waals surface area contributed by atoms with Crippen molar-refractivity contribution in [1.29, 1.82) is 0 Å². The van der Waals surface area contributed by atoms with E-state index in [2.05, 4.69) is 42.7 Å². The molecule has 0 rings (SSSR count). The highest BCUT2D eigenvalue weighted by Gasteiger charge is 2.22. The first kappa shape index (κ1) is 51.5. The first-order valence-corrected chi connectivity index (χ1v) is 23.7. The maximum absolute atomic E-state index is 12.4. The third kappa shape index (κ3) is 43.1. The maximum Gasteiger partial charge on any atom is 0.469 e. The quantitative estimate of drug-likeness (QED) is 0.0273. The molecule has 0 aliphatic heterocycles. The first-order valence-electron chi connectivity index (χ1n) is 22.1. The number of phosphoric ester groups is 1. The van der Waals surface area contributed by atoms with Crippen molar-refractivity contribution in [1.82, 2.24) is 0 Å². The van der Waals surface area contributed by atoms with Crippen LogP contribution in [0.1, 0.15) is 226 Å². The van der Waals surface area contributed by atoms with Crippen LogP contribution in [0.4, 0.5) is 0 Å². The van der Waals surface area contributed by atoms with Crippen molar-refractivity contribution < 1.29 is 37.9 Å². The van der Waals surface area contributed by atoms with E-state index >= 15 is 0 Å². The molecule has 0 aromatic heterocycles. The van der Waals surface area contributed by atoms with Gasteiger partial charge in [0.05, 0.1) is 6.61 Å². The van der Waals surface area contributed by atoms with Gasteiger partial charge in [-0.15, -0.1) is 0 Å². The molecule has 312 valence electrons. The fraction of sp³-hybridized carbons (Fsp3) is 0.864. The topological polar surface area (TPSA) is 119 Å². The monoisotopic (exact) mass is 771 g/mol. The lowest BCUT2D eigenvalue weighted by Gasteiger charge is -2.18. The molecule has 9 heteroatoms. The zero-order valence-corrected chi connectivity index (χ0v) is 35.3. The number of hydrogen-bond donors (Lipinski definition) is 2. The van der Waals surface area contributed by atoms with Gasteiger partial charge in [0.1, 0.15) is 6.61 Å². The van der Waals surface area contributed by atoms with Crippen LogP contribution in [0, 0.1) is 0 Å². The van der Waals surface area contributed by atoms with E-state index in [1.807, 2.05) is 0 Å². The molecule has 0 saturated heterocycles. The van der Waals surface area contributed by atoms with Gasteiger partial charge < -0.3 is 19.3 Å². The summed E-state index contributed by atoms with van der Waals surface area (Å²) >= 11 is 0. The molecule has 0 bridgehead atoms. The second kappa shape index (κ2) is 40.2. The lowest BCUT2D eigenvalue weighted by atomic mass is 10.0. The Morgan fingerprint density at radius 3 is 1.28 bits per heavy atom. The highest BCUT2D eigenvalue weighted by atomic mass is 31.2. The molecule has 0 aliphatic carbocycles. The lowest BCUT2D eigenvalue weighted by Crippen LogP contribution is -2.29. The Labute approximate surface area is 326 Å². The van der Waals surface area contributed by atoms with Crippen molar-refractivity contribution in [2.24, 2.45) is 0 Å². The first-order chi connectivity index (χ1) is 25.8. The SMILES string of the molecule is CCCCC/C=C\C/C=C\CCCCCCCCCCCC(=O)OC[C@H](COP(=O)(O)O)OC(=O)CCCCCCCCCCCCCCCCCC. The zero-order valence-electron chi connectivity index (χ0n) is 34.4. The van der Waals surface area contributed by atoms with Crippen molar-refractivity contribution in [3.63, 3.8) is 0 Å². The van der Waals surface area contributed by atoms with Gasteiger partial charge in [0, 0.05) is 12.8 Å². The van der Waals surface area contributed by atoms with Crippen LogP contribution < -0.4 is 0 Å². The van der Waals surface area contributed by atoms with E-state index in [0.717, 1.165) is 51.4 Å². The summed E-state index contributed by atoms with van der Waals surface area (Å²) in [5.74, 6) is -0.879. The van der Waals surface area contributed by atoms with Crippen molar-refractivity contribution in [2.75, 3.05) is 13.2 Å². The van der Waals surface area contributed by atoms with Gasteiger partial charge in [-0.3, -0.25) is 14.1 Å². The highest BCUT2D eigenvalue weighted by molar-refractivity contribution is 7.46. The Morgan fingerprint density at radius 1 is 0.491 bits per heavy atom. The smallest absolute Gasteiger partial charge is 0.462 e. The fourth-order valence-electron chi connectivity index (χ4n) is 6.40. The Bertz CT molecular complexity index is 915. The zero-order chi connectivity index (χ0) is 38.9. The normalized spacial score (nSPS) is 12.6. The van der Waals surface area contributed by atoms with Crippen LogP contribution in [0.25, 0.3) is 0 Å². The molecule has 8 nitrogen and oxygen atoms in total. The highest BCUT2D eigenvalue weighted by Crippen LogP contribution is 2.36. The predicted octanol–water partition coefficient (Wildman–Crippen LogP) is 13.6. The number of phosphoric acid groups is 1. The molecule has 0 radical (unpaired) electrons. The average molecular weight is 771 g/mol. The Hall–Kier alpha value is -1.47. The van der Waals surface area contributed by atoms with E-state index < -0.39 is 32.5 Å². The number of carbonyl (C=O) groups is 2. The van der Waals surface area contributed by atoms with Crippen LogP contribution >= 0.6 is 7.82 Å². The van der Waals surface area contributed by atoms with Crippen molar-refractivity contribution in [3.05, 3.63) is 24.3 Å². The van der Waals surface area contributed by atoms with Gasteiger partial charge in [-0.1, -0.05) is 192 Å². The molecule has 0 amide bonds. The molecule has 0 spiro atoms. The van der Waals surface area contributed by atoms with Crippen LogP contribution in [-0.2, 0) is 28.2 Å². The molecule has 2 N–H and O–H groups in total. The molecule has 0 unspecified atom stereocenters. The number of hydrogen-bond acceptors (Lipinski definition) is 6. The number of carbonyl (C=O) groups excluding carboxylic acids is 2. The van der Waals surface area contributed by atoms with Gasteiger partial charge in [-0.05, 0) is 44.9 Å². The minimum Gasteiger partial charge on any atom is -0.462 e. The summed E-state index contributed by atoms with van der Waals surface area (Å²) in [6.45, 7) is 3.68. The molecular formula is C44H83O8P. The average Bonchev–Trinajstić information content (AvgIpc) is 3.13. The summed E-state index contributed by atoms with van der Waals surface area (Å²) in [7, 11) is -4.75. The third-order valence-electron chi connectivity index (χ3n) is 9.72. The number of esters is 2. The predicted molar refractivity (Wildman–Crippen MR) is 221 cm³/mol. The van der Waals surface area contributed by atoms with Crippen LogP contribution in [0.5, 0.6) is 0 Å². The molecule has 0 aliphatic rings. The largest absolute Gasteiger partial charge is 0.469 e. The minimum absolute atomic E-state index is 0.216. The molecule has 0 saturated carbocycles. The van der Waals surface area contributed by atoms with Gasteiger partial charge in [0.2, 0.25) is 0 Å². The van der Waals surface area contributed by atoms with E-state index in [0.29, 0.717) is 6.42 Å². The fourth-order valence-corrected chi connectivity index (χ4v) is 6.77. The summed E-state index contributed by atoms with van der Waals surface area (Å²) in [6.07, 6.45) is 46.1. The van der Waals surface area contributed by atoms with Crippen molar-refractivity contribution in [2.45, 2.75) is 232 Å². The van der Waals surface area contributed by atoms with Gasteiger partial charge >= 0.3 is 19.8 Å². The number of allylic oxidation sites excluding steroid dienone is 4. The molecule has 0 fully saturated rings. The third-order valence-corrected chi connectivity index (χ3v) is 10.2. The van der Waals surface area contributed by atoms with Crippen LogP contribution in [0.2, 0.25) is 0 Å². The summed E-state index contributed by atoms with van der Waals surface area (Å²) < 4.78 is 26.4. The second-order valence-electron chi connectivity index (χ2n) is 15.0. The summed E-state index contributed by atoms with van der Waals surface area (Å²) in [6, 6.07) is 0. The Kier molecular flexibility index (Phi) is 39.1. The van der Waals surface area contributed by atoms with E-state index in [1.165, 1.54) is 141 Å². The van der Waals surface area contributed by atoms with Crippen molar-refractivity contribution >= 4 is 19.8 Å². The number of rotatable bonds is 41.